The molecule has 0 saturated heterocycles. The number of furan rings is 1. The number of para-hydroxylation sites is 1. The number of thioether (sulfide) groups is 1. The van der Waals surface area contributed by atoms with E-state index >= 15 is 0 Å². The van der Waals surface area contributed by atoms with Crippen LogP contribution in [0.25, 0.3) is 22.4 Å². The van der Waals surface area contributed by atoms with Crippen molar-refractivity contribution in [3.63, 3.8) is 0 Å². The van der Waals surface area contributed by atoms with Gasteiger partial charge in [0.05, 0.1) is 17.6 Å². The molecule has 3 aromatic heterocycles. The number of hydrogen-bond acceptors (Lipinski definition) is 7. The summed E-state index contributed by atoms with van der Waals surface area (Å²) in [5, 5.41) is 21.1. The lowest BCUT2D eigenvalue weighted by Crippen LogP contribution is -2.43. The average molecular weight is 426 g/mol. The van der Waals surface area contributed by atoms with Crippen molar-refractivity contribution in [3.8, 4) is 11.5 Å². The molecule has 3 heterocycles. The molecule has 3 N–H and O–H groups in total. The third-order valence-electron chi connectivity index (χ3n) is 4.55. The number of carboxylic acids is 1. The number of carbonyl (C=O) groups excluding carboxylic acids is 1. The van der Waals surface area contributed by atoms with Crippen LogP contribution in [-0.4, -0.2) is 44.0 Å². The fourth-order valence-electron chi connectivity index (χ4n) is 3.07. The van der Waals surface area contributed by atoms with E-state index in [1.165, 1.54) is 6.26 Å². The lowest BCUT2D eigenvalue weighted by molar-refractivity contribution is -0.141. The van der Waals surface area contributed by atoms with Gasteiger partial charge in [0, 0.05) is 23.5 Å². The molecule has 0 aliphatic rings. The van der Waals surface area contributed by atoms with Gasteiger partial charge in [-0.1, -0.05) is 30.0 Å². The third kappa shape index (κ3) is 4.23. The Labute approximate surface area is 174 Å². The van der Waals surface area contributed by atoms with Crippen LogP contribution in [0.15, 0.2) is 56.8 Å². The van der Waals surface area contributed by atoms with Crippen molar-refractivity contribution in [1.29, 1.82) is 0 Å². The maximum atomic E-state index is 12.3. The number of fused-ring (bicyclic) bond motifs is 1. The minimum absolute atomic E-state index is 0.0519. The van der Waals surface area contributed by atoms with E-state index < -0.39 is 17.9 Å². The van der Waals surface area contributed by atoms with Crippen LogP contribution in [0.4, 0.5) is 0 Å². The highest BCUT2D eigenvalue weighted by Crippen LogP contribution is 2.26. The number of aromatic amines is 1. The minimum atomic E-state index is -1.10. The summed E-state index contributed by atoms with van der Waals surface area (Å²) in [5.74, 6) is -0.647. The number of nitrogens with zero attached hydrogens (tertiary/aromatic N) is 2. The summed E-state index contributed by atoms with van der Waals surface area (Å²) in [6.45, 7) is 1.78. The van der Waals surface area contributed by atoms with Crippen LogP contribution in [0.2, 0.25) is 0 Å². The Bertz CT molecular complexity index is 1190. The van der Waals surface area contributed by atoms with Crippen molar-refractivity contribution >= 4 is 34.5 Å². The molecule has 1 atom stereocenters. The van der Waals surface area contributed by atoms with Gasteiger partial charge in [-0.15, -0.1) is 10.2 Å². The number of rotatable bonds is 8. The number of carbonyl (C=O) groups is 2. The van der Waals surface area contributed by atoms with Gasteiger partial charge in [0.2, 0.25) is 5.91 Å². The van der Waals surface area contributed by atoms with Crippen molar-refractivity contribution in [1.82, 2.24) is 20.5 Å². The number of aryl methyl sites for hydroxylation is 1. The van der Waals surface area contributed by atoms with Gasteiger partial charge in [0.25, 0.3) is 11.1 Å². The zero-order valence-electron chi connectivity index (χ0n) is 15.9. The molecule has 1 amide bonds. The first-order valence-electron chi connectivity index (χ1n) is 9.09. The van der Waals surface area contributed by atoms with E-state index in [1.54, 1.807) is 19.2 Å². The number of hydrogen-bond donors (Lipinski definition) is 3. The second-order valence-corrected chi connectivity index (χ2v) is 7.50. The van der Waals surface area contributed by atoms with Crippen LogP contribution >= 0.6 is 11.8 Å². The summed E-state index contributed by atoms with van der Waals surface area (Å²) in [6.07, 6.45) is 3.45. The van der Waals surface area contributed by atoms with Gasteiger partial charge < -0.3 is 24.2 Å². The summed E-state index contributed by atoms with van der Waals surface area (Å²) in [4.78, 5) is 27.1. The molecule has 0 aliphatic heterocycles. The fraction of sp³-hybridized carbons (Fsp3) is 0.200. The number of nitrogens with one attached hydrogen (secondary N) is 2. The molecular weight excluding hydrogens is 408 g/mol. The summed E-state index contributed by atoms with van der Waals surface area (Å²) in [7, 11) is 0. The molecule has 0 radical (unpaired) electrons. The highest BCUT2D eigenvalue weighted by Gasteiger charge is 2.22. The molecule has 9 nitrogen and oxygen atoms in total. The molecule has 0 saturated carbocycles. The van der Waals surface area contributed by atoms with Crippen molar-refractivity contribution in [2.24, 2.45) is 0 Å². The highest BCUT2D eigenvalue weighted by molar-refractivity contribution is 7.99. The van der Waals surface area contributed by atoms with Gasteiger partial charge in [0.1, 0.15) is 11.8 Å². The SMILES string of the molecule is Cc1occc1-c1nnc(SCC(=O)N[C@H](Cc2c[nH]c3ccccc23)C(=O)O)o1. The smallest absolute Gasteiger partial charge is 0.326 e. The lowest BCUT2D eigenvalue weighted by atomic mass is 10.1. The molecule has 10 heteroatoms. The molecule has 1 aromatic carbocycles. The maximum absolute atomic E-state index is 12.3. The first-order chi connectivity index (χ1) is 14.5. The molecule has 0 aliphatic carbocycles. The van der Waals surface area contributed by atoms with Gasteiger partial charge in [-0.25, -0.2) is 4.79 Å². The second kappa shape index (κ2) is 8.46. The number of H-pyrrole nitrogens is 1. The van der Waals surface area contributed by atoms with Gasteiger partial charge in [-0.2, -0.15) is 0 Å². The molecule has 0 spiro atoms. The monoisotopic (exact) mass is 426 g/mol. The highest BCUT2D eigenvalue weighted by atomic mass is 32.2. The predicted molar refractivity (Wildman–Crippen MR) is 109 cm³/mol. The number of carboxylic acid groups (broad SMARTS) is 1. The standard InChI is InChI=1S/C20H18N4O5S/c1-11-13(6-7-28-11)18-23-24-20(29-18)30-10-17(25)22-16(19(26)27)8-12-9-21-15-5-3-2-4-14(12)15/h2-7,9,16,21H,8,10H2,1H3,(H,22,25)(H,26,27)/t16-/m1/s1. The Morgan fingerprint density at radius 1 is 1.27 bits per heavy atom. The van der Waals surface area contributed by atoms with E-state index in [9.17, 15) is 14.7 Å². The minimum Gasteiger partial charge on any atom is -0.480 e. The lowest BCUT2D eigenvalue weighted by Gasteiger charge is -2.13. The van der Waals surface area contributed by atoms with Gasteiger partial charge >= 0.3 is 5.97 Å². The Balaban J connectivity index is 1.36. The molecule has 0 fully saturated rings. The molecule has 0 unspecified atom stereocenters. The Morgan fingerprint density at radius 2 is 2.10 bits per heavy atom. The topological polar surface area (TPSA) is 134 Å². The average Bonchev–Trinajstić information content (AvgIpc) is 3.46. The number of benzene rings is 1. The molecule has 30 heavy (non-hydrogen) atoms. The van der Waals surface area contributed by atoms with Gasteiger partial charge in [0.15, 0.2) is 0 Å². The quantitative estimate of drug-likeness (QED) is 0.366. The third-order valence-corrected chi connectivity index (χ3v) is 5.37. The number of amides is 1. The summed E-state index contributed by atoms with van der Waals surface area (Å²) in [6, 6.07) is 8.26. The molecule has 154 valence electrons. The first kappa shape index (κ1) is 19.8. The van der Waals surface area contributed by atoms with Crippen LogP contribution < -0.4 is 5.32 Å². The van der Waals surface area contributed by atoms with Crippen LogP contribution in [0.3, 0.4) is 0 Å². The Kier molecular flexibility index (Phi) is 5.57. The molecule has 4 aromatic rings. The second-order valence-electron chi connectivity index (χ2n) is 6.57. The maximum Gasteiger partial charge on any atom is 0.326 e. The van der Waals surface area contributed by atoms with E-state index in [1.807, 2.05) is 24.3 Å². The van der Waals surface area contributed by atoms with Crippen LogP contribution in [0, 0.1) is 6.92 Å². The normalized spacial score (nSPS) is 12.2. The van der Waals surface area contributed by atoms with E-state index in [0.29, 0.717) is 17.2 Å². The van der Waals surface area contributed by atoms with E-state index in [-0.39, 0.29) is 17.4 Å². The van der Waals surface area contributed by atoms with Crippen molar-refractivity contribution in [2.45, 2.75) is 24.6 Å². The summed E-state index contributed by atoms with van der Waals surface area (Å²) in [5.41, 5.74) is 2.42. The molecule has 4 rings (SSSR count). The number of aliphatic carboxylic acids is 1. The number of aromatic nitrogens is 3. The van der Waals surface area contributed by atoms with Crippen molar-refractivity contribution in [2.75, 3.05) is 5.75 Å². The van der Waals surface area contributed by atoms with Crippen molar-refractivity contribution in [3.05, 3.63) is 54.1 Å². The fourth-order valence-corrected chi connectivity index (χ4v) is 3.64. The van der Waals surface area contributed by atoms with Crippen LogP contribution in [0.5, 0.6) is 0 Å². The Morgan fingerprint density at radius 3 is 2.87 bits per heavy atom. The predicted octanol–water partition coefficient (Wildman–Crippen LogP) is 3.02. The van der Waals surface area contributed by atoms with E-state index in [2.05, 4.69) is 20.5 Å². The molecule has 0 bridgehead atoms. The van der Waals surface area contributed by atoms with Crippen molar-refractivity contribution < 1.29 is 23.5 Å². The molecular formula is C20H18N4O5S. The zero-order valence-corrected chi connectivity index (χ0v) is 16.7. The van der Waals surface area contributed by atoms with Crippen LogP contribution in [-0.2, 0) is 16.0 Å². The first-order valence-corrected chi connectivity index (χ1v) is 10.1. The summed E-state index contributed by atoms with van der Waals surface area (Å²) < 4.78 is 10.7. The summed E-state index contributed by atoms with van der Waals surface area (Å²) >= 11 is 1.03. The van der Waals surface area contributed by atoms with E-state index in [0.717, 1.165) is 28.2 Å². The zero-order chi connectivity index (χ0) is 21.1. The van der Waals surface area contributed by atoms with Crippen LogP contribution in [0.1, 0.15) is 11.3 Å². The van der Waals surface area contributed by atoms with E-state index in [4.69, 9.17) is 8.83 Å². The largest absolute Gasteiger partial charge is 0.480 e. The van der Waals surface area contributed by atoms with Gasteiger partial charge in [-0.3, -0.25) is 4.79 Å². The Hall–Kier alpha value is -3.53. The van der Waals surface area contributed by atoms with Gasteiger partial charge in [-0.05, 0) is 24.6 Å².